The van der Waals surface area contributed by atoms with Crippen LogP contribution in [0.25, 0.3) is 0 Å². The molecule has 26 heavy (non-hydrogen) atoms. The number of hydrogen-bond acceptors (Lipinski definition) is 5. The van der Waals surface area contributed by atoms with Crippen LogP contribution in [0, 0.1) is 6.92 Å². The number of methoxy groups -OCH3 is 2. The molecule has 1 aliphatic rings. The third-order valence-corrected chi connectivity index (χ3v) is 4.61. The highest BCUT2D eigenvalue weighted by atomic mass is 35.5. The minimum atomic E-state index is -0.184. The van der Waals surface area contributed by atoms with Gasteiger partial charge in [-0.3, -0.25) is 9.89 Å². The molecule has 7 nitrogen and oxygen atoms in total. The largest absolute Gasteiger partial charge is 0.493 e. The van der Waals surface area contributed by atoms with Crippen molar-refractivity contribution >= 4 is 18.3 Å². The van der Waals surface area contributed by atoms with E-state index in [0.29, 0.717) is 23.7 Å². The van der Waals surface area contributed by atoms with E-state index >= 15 is 0 Å². The molecule has 0 radical (unpaired) electrons. The molecule has 2 heterocycles. The maximum atomic E-state index is 12.7. The minimum Gasteiger partial charge on any atom is -0.493 e. The first-order valence-electron chi connectivity index (χ1n) is 8.35. The molecule has 1 unspecified atom stereocenters. The van der Waals surface area contributed by atoms with Gasteiger partial charge in [0.25, 0.3) is 5.91 Å². The van der Waals surface area contributed by atoms with Crippen LogP contribution in [0.15, 0.2) is 12.1 Å². The van der Waals surface area contributed by atoms with E-state index in [1.165, 1.54) is 0 Å². The Labute approximate surface area is 159 Å². The van der Waals surface area contributed by atoms with Crippen molar-refractivity contribution in [2.75, 3.05) is 20.8 Å². The topological polar surface area (TPSA) is 88.3 Å². The lowest BCUT2D eigenvalue weighted by molar-refractivity contribution is 0.0933. The van der Waals surface area contributed by atoms with E-state index in [9.17, 15) is 4.79 Å². The van der Waals surface area contributed by atoms with Gasteiger partial charge in [-0.1, -0.05) is 0 Å². The number of H-pyrrole nitrogens is 1. The number of fused-ring (bicyclic) bond motifs is 1. The lowest BCUT2D eigenvalue weighted by Crippen LogP contribution is -2.30. The van der Waals surface area contributed by atoms with Gasteiger partial charge >= 0.3 is 0 Å². The number of hydrogen-bond donors (Lipinski definition) is 3. The van der Waals surface area contributed by atoms with Crippen LogP contribution in [0.4, 0.5) is 0 Å². The fourth-order valence-corrected chi connectivity index (χ4v) is 3.22. The third-order valence-electron chi connectivity index (χ3n) is 4.61. The van der Waals surface area contributed by atoms with Crippen LogP contribution < -0.4 is 20.1 Å². The summed E-state index contributed by atoms with van der Waals surface area (Å²) < 4.78 is 10.7. The number of aryl methyl sites for hydroxylation is 1. The van der Waals surface area contributed by atoms with Gasteiger partial charge in [-0.25, -0.2) is 0 Å². The summed E-state index contributed by atoms with van der Waals surface area (Å²) in [5.41, 5.74) is 4.47. The molecule has 1 aromatic heterocycles. The molecule has 0 saturated heterocycles. The normalized spacial score (nSPS) is 14.0. The van der Waals surface area contributed by atoms with Crippen molar-refractivity contribution < 1.29 is 14.3 Å². The summed E-state index contributed by atoms with van der Waals surface area (Å²) in [7, 11) is 3.21. The molecule has 0 spiro atoms. The molecule has 3 rings (SSSR count). The second kappa shape index (κ2) is 8.42. The van der Waals surface area contributed by atoms with E-state index in [2.05, 4.69) is 20.8 Å². The number of nitrogens with zero attached hydrogens (tertiary/aromatic N) is 1. The van der Waals surface area contributed by atoms with Crippen molar-refractivity contribution in [2.24, 2.45) is 0 Å². The van der Waals surface area contributed by atoms with Crippen molar-refractivity contribution in [2.45, 2.75) is 32.9 Å². The number of aromatic nitrogens is 2. The molecule has 0 fully saturated rings. The molecule has 1 aromatic carbocycles. The molecular weight excluding hydrogens is 356 g/mol. The van der Waals surface area contributed by atoms with Gasteiger partial charge in [0.2, 0.25) is 0 Å². The Hall–Kier alpha value is -2.25. The van der Waals surface area contributed by atoms with Crippen LogP contribution in [0.2, 0.25) is 0 Å². The number of halogens is 1. The summed E-state index contributed by atoms with van der Waals surface area (Å²) in [6.07, 6.45) is 0.861. The number of nitrogens with one attached hydrogen (secondary N) is 3. The van der Waals surface area contributed by atoms with Crippen LogP contribution in [0.3, 0.4) is 0 Å². The third kappa shape index (κ3) is 3.78. The number of amides is 1. The zero-order valence-electron chi connectivity index (χ0n) is 15.4. The number of aromatic amines is 1. The Morgan fingerprint density at radius 3 is 2.65 bits per heavy atom. The molecule has 3 N–H and O–H groups in total. The molecule has 0 aliphatic carbocycles. The second-order valence-corrected chi connectivity index (χ2v) is 6.22. The summed E-state index contributed by atoms with van der Waals surface area (Å²) in [5.74, 6) is 1.14. The van der Waals surface area contributed by atoms with E-state index in [1.807, 2.05) is 26.0 Å². The molecule has 2 aromatic rings. The predicted octanol–water partition coefficient (Wildman–Crippen LogP) is 2.29. The van der Waals surface area contributed by atoms with Gasteiger partial charge in [0.15, 0.2) is 17.2 Å². The monoisotopic (exact) mass is 380 g/mol. The first kappa shape index (κ1) is 20.1. The van der Waals surface area contributed by atoms with E-state index in [4.69, 9.17) is 9.47 Å². The van der Waals surface area contributed by atoms with Crippen molar-refractivity contribution in [1.82, 2.24) is 20.8 Å². The molecule has 0 saturated carbocycles. The number of carbonyl (C=O) groups is 1. The van der Waals surface area contributed by atoms with Gasteiger partial charge in [-0.2, -0.15) is 5.10 Å². The maximum Gasteiger partial charge on any atom is 0.272 e. The van der Waals surface area contributed by atoms with E-state index < -0.39 is 0 Å². The molecule has 0 bridgehead atoms. The first-order valence-corrected chi connectivity index (χ1v) is 8.35. The standard InChI is InChI=1S/C18H24N4O3.ClH/c1-10-7-15(24-3)16(25-4)8-12(10)11(2)20-18(23)17-13-9-19-6-5-14(13)21-22-17;/h7-8,11,19H,5-6,9H2,1-4H3,(H,20,23)(H,21,22);1H. The van der Waals surface area contributed by atoms with Crippen molar-refractivity contribution in [3.8, 4) is 11.5 Å². The zero-order valence-corrected chi connectivity index (χ0v) is 16.3. The quantitative estimate of drug-likeness (QED) is 0.740. The van der Waals surface area contributed by atoms with Gasteiger partial charge < -0.3 is 20.1 Å². The highest BCUT2D eigenvalue weighted by Gasteiger charge is 2.23. The SMILES string of the molecule is COc1cc(C)c(C(C)NC(=O)c2n[nH]c3c2CNCC3)cc1OC.Cl. The summed E-state index contributed by atoms with van der Waals surface area (Å²) >= 11 is 0. The van der Waals surface area contributed by atoms with Crippen LogP contribution in [-0.4, -0.2) is 36.9 Å². The van der Waals surface area contributed by atoms with Crippen molar-refractivity contribution in [1.29, 1.82) is 0 Å². The second-order valence-electron chi connectivity index (χ2n) is 6.22. The number of carbonyl (C=O) groups excluding carboxylic acids is 1. The smallest absolute Gasteiger partial charge is 0.272 e. The van der Waals surface area contributed by atoms with Crippen LogP contribution >= 0.6 is 12.4 Å². The Morgan fingerprint density at radius 2 is 1.96 bits per heavy atom. The predicted molar refractivity (Wildman–Crippen MR) is 101 cm³/mol. The lowest BCUT2D eigenvalue weighted by Gasteiger charge is -2.19. The Balaban J connectivity index is 0.00000243. The molecule has 142 valence electrons. The molecule has 8 heteroatoms. The average molecular weight is 381 g/mol. The Morgan fingerprint density at radius 1 is 1.27 bits per heavy atom. The van der Waals surface area contributed by atoms with Gasteiger partial charge in [0, 0.05) is 30.8 Å². The number of ether oxygens (including phenoxy) is 2. The lowest BCUT2D eigenvalue weighted by atomic mass is 10.0. The first-order chi connectivity index (χ1) is 12.0. The highest BCUT2D eigenvalue weighted by Crippen LogP contribution is 2.33. The molecular formula is C18H25ClN4O3. The van der Waals surface area contributed by atoms with Crippen LogP contribution in [0.5, 0.6) is 11.5 Å². The Bertz CT molecular complexity index is 791. The van der Waals surface area contributed by atoms with E-state index in [-0.39, 0.29) is 24.4 Å². The Kier molecular flexibility index (Phi) is 6.50. The highest BCUT2D eigenvalue weighted by molar-refractivity contribution is 5.94. The molecule has 1 amide bonds. The van der Waals surface area contributed by atoms with Gasteiger partial charge in [-0.05, 0) is 37.1 Å². The van der Waals surface area contributed by atoms with Gasteiger partial charge in [-0.15, -0.1) is 12.4 Å². The van der Waals surface area contributed by atoms with Gasteiger partial charge in [0.05, 0.1) is 20.3 Å². The van der Waals surface area contributed by atoms with E-state index in [0.717, 1.165) is 35.3 Å². The van der Waals surface area contributed by atoms with Crippen molar-refractivity contribution in [3.63, 3.8) is 0 Å². The summed E-state index contributed by atoms with van der Waals surface area (Å²) in [5, 5.41) is 13.5. The van der Waals surface area contributed by atoms with Gasteiger partial charge in [0.1, 0.15) is 0 Å². The fourth-order valence-electron chi connectivity index (χ4n) is 3.22. The molecule has 1 aliphatic heterocycles. The summed E-state index contributed by atoms with van der Waals surface area (Å²) in [6.45, 7) is 5.50. The van der Waals surface area contributed by atoms with Crippen LogP contribution in [-0.2, 0) is 13.0 Å². The maximum absolute atomic E-state index is 12.7. The summed E-state index contributed by atoms with van der Waals surface area (Å²) in [6, 6.07) is 3.63. The minimum absolute atomic E-state index is 0. The number of benzene rings is 1. The fraction of sp³-hybridized carbons (Fsp3) is 0.444. The zero-order chi connectivity index (χ0) is 18.0. The average Bonchev–Trinajstić information content (AvgIpc) is 3.05. The van der Waals surface area contributed by atoms with Crippen LogP contribution in [0.1, 0.15) is 45.8 Å². The number of rotatable bonds is 5. The molecule has 1 atom stereocenters. The summed E-state index contributed by atoms with van der Waals surface area (Å²) in [4.78, 5) is 12.7. The van der Waals surface area contributed by atoms with E-state index in [1.54, 1.807) is 14.2 Å². The van der Waals surface area contributed by atoms with Crippen molar-refractivity contribution in [3.05, 3.63) is 40.2 Å².